The molecule has 0 bridgehead atoms. The number of nitrogens with one attached hydrogen (secondary N) is 1. The summed E-state index contributed by atoms with van der Waals surface area (Å²) in [6.45, 7) is 0.842. The predicted molar refractivity (Wildman–Crippen MR) is 80.2 cm³/mol. The highest BCUT2D eigenvalue weighted by molar-refractivity contribution is 6.08. The van der Waals surface area contributed by atoms with E-state index < -0.39 is 5.54 Å². The molecule has 7 nitrogen and oxygen atoms in total. The summed E-state index contributed by atoms with van der Waals surface area (Å²) < 4.78 is 4.90. The number of rotatable bonds is 6. The van der Waals surface area contributed by atoms with E-state index in [1.165, 1.54) is 4.90 Å². The van der Waals surface area contributed by atoms with Crippen LogP contribution in [0.3, 0.4) is 0 Å². The summed E-state index contributed by atoms with van der Waals surface area (Å²) in [5.74, 6) is -0.522. The summed E-state index contributed by atoms with van der Waals surface area (Å²) in [5, 5.41) is 2.71. The van der Waals surface area contributed by atoms with Crippen molar-refractivity contribution < 1.29 is 19.1 Å². The van der Waals surface area contributed by atoms with Gasteiger partial charge in [0, 0.05) is 27.3 Å². The molecule has 2 rings (SSSR count). The van der Waals surface area contributed by atoms with Gasteiger partial charge in [-0.25, -0.2) is 4.79 Å². The van der Waals surface area contributed by atoms with Crippen LogP contribution in [-0.2, 0) is 14.3 Å². The number of urea groups is 1. The normalized spacial score (nSPS) is 20.8. The molecule has 4 amide bonds. The number of ether oxygens (including phenoxy) is 1. The van der Waals surface area contributed by atoms with Gasteiger partial charge in [0.05, 0.1) is 0 Å². The fraction of sp³-hybridized carbons (Fsp3) is 0.800. The van der Waals surface area contributed by atoms with E-state index in [-0.39, 0.29) is 24.4 Å². The fourth-order valence-corrected chi connectivity index (χ4v) is 3.31. The molecule has 1 spiro atoms. The molecule has 1 heterocycles. The van der Waals surface area contributed by atoms with Gasteiger partial charge in [-0.1, -0.05) is 19.3 Å². The molecule has 2 aliphatic rings. The summed E-state index contributed by atoms with van der Waals surface area (Å²) >= 11 is 0. The maximum atomic E-state index is 12.7. The van der Waals surface area contributed by atoms with Gasteiger partial charge < -0.3 is 15.0 Å². The van der Waals surface area contributed by atoms with Crippen LogP contribution >= 0.6 is 0 Å². The average Bonchev–Trinajstić information content (AvgIpc) is 2.69. The first-order valence-corrected chi connectivity index (χ1v) is 7.88. The zero-order valence-electron chi connectivity index (χ0n) is 13.4. The van der Waals surface area contributed by atoms with Crippen molar-refractivity contribution in [3.63, 3.8) is 0 Å². The third-order valence-corrected chi connectivity index (χ3v) is 4.63. The molecule has 1 saturated heterocycles. The van der Waals surface area contributed by atoms with Gasteiger partial charge in [0.15, 0.2) is 0 Å². The molecule has 0 aromatic rings. The van der Waals surface area contributed by atoms with Gasteiger partial charge in [0.2, 0.25) is 5.91 Å². The van der Waals surface area contributed by atoms with E-state index in [0.29, 0.717) is 32.4 Å². The van der Waals surface area contributed by atoms with Gasteiger partial charge >= 0.3 is 6.03 Å². The quantitative estimate of drug-likeness (QED) is 0.579. The lowest BCUT2D eigenvalue weighted by atomic mass is 9.81. The van der Waals surface area contributed by atoms with Crippen LogP contribution < -0.4 is 5.32 Å². The molecule has 7 heteroatoms. The summed E-state index contributed by atoms with van der Waals surface area (Å²) in [7, 11) is 3.27. The second-order valence-corrected chi connectivity index (χ2v) is 6.02. The minimum atomic E-state index is -0.717. The Hall–Kier alpha value is -1.63. The largest absolute Gasteiger partial charge is 0.385 e. The Kier molecular flexibility index (Phi) is 5.39. The Morgan fingerprint density at radius 2 is 1.95 bits per heavy atom. The van der Waals surface area contributed by atoms with Crippen molar-refractivity contribution in [1.82, 2.24) is 15.1 Å². The minimum Gasteiger partial charge on any atom is -0.385 e. The second kappa shape index (κ2) is 7.09. The number of carbonyl (C=O) groups is 3. The zero-order valence-corrected chi connectivity index (χ0v) is 13.4. The summed E-state index contributed by atoms with van der Waals surface area (Å²) in [6.07, 6.45) is 5.08. The Morgan fingerprint density at radius 3 is 2.59 bits per heavy atom. The van der Waals surface area contributed by atoms with Crippen molar-refractivity contribution in [2.24, 2.45) is 0 Å². The monoisotopic (exact) mass is 311 g/mol. The molecule has 1 N–H and O–H groups in total. The Labute approximate surface area is 131 Å². The summed E-state index contributed by atoms with van der Waals surface area (Å²) in [6, 6.07) is -0.362. The van der Waals surface area contributed by atoms with Crippen LogP contribution in [0, 0.1) is 0 Å². The van der Waals surface area contributed by atoms with E-state index in [9.17, 15) is 14.4 Å². The average molecular weight is 311 g/mol. The first-order chi connectivity index (χ1) is 10.5. The molecule has 22 heavy (non-hydrogen) atoms. The molecule has 0 unspecified atom stereocenters. The van der Waals surface area contributed by atoms with Crippen molar-refractivity contribution in [1.29, 1.82) is 0 Å². The Balaban J connectivity index is 1.95. The SMILES string of the molecule is COCCCNC(=O)CN1C(=O)N(C)C2(CCCCC2)C1=O. The standard InChI is InChI=1S/C15H25N3O4/c1-17-14(21)18(11-12(19)16-9-6-10-22-2)13(20)15(17)7-4-3-5-8-15/h3-11H2,1-2H3,(H,16,19). The lowest BCUT2D eigenvalue weighted by molar-refractivity contribution is -0.137. The number of imide groups is 1. The van der Waals surface area contributed by atoms with Crippen molar-refractivity contribution >= 4 is 17.8 Å². The van der Waals surface area contributed by atoms with Crippen LogP contribution in [0.25, 0.3) is 0 Å². The molecule has 1 aliphatic heterocycles. The van der Waals surface area contributed by atoms with Crippen molar-refractivity contribution in [2.45, 2.75) is 44.1 Å². The number of hydrogen-bond acceptors (Lipinski definition) is 4. The van der Waals surface area contributed by atoms with Crippen LogP contribution in [-0.4, -0.2) is 67.0 Å². The number of likely N-dealkylation sites (N-methyl/N-ethyl adjacent to an activating group) is 1. The van der Waals surface area contributed by atoms with Gasteiger partial charge in [-0.3, -0.25) is 14.5 Å². The second-order valence-electron chi connectivity index (χ2n) is 6.02. The number of hydrogen-bond donors (Lipinski definition) is 1. The van der Waals surface area contributed by atoms with Crippen molar-refractivity contribution in [2.75, 3.05) is 33.9 Å². The van der Waals surface area contributed by atoms with E-state index in [1.807, 2.05) is 0 Å². The van der Waals surface area contributed by atoms with Crippen molar-refractivity contribution in [3.05, 3.63) is 0 Å². The molecule has 0 aromatic heterocycles. The van der Waals surface area contributed by atoms with E-state index >= 15 is 0 Å². The highest BCUT2D eigenvalue weighted by Crippen LogP contribution is 2.39. The summed E-state index contributed by atoms with van der Waals surface area (Å²) in [4.78, 5) is 39.6. The van der Waals surface area contributed by atoms with Crippen LogP contribution in [0.5, 0.6) is 0 Å². The molecule has 1 aliphatic carbocycles. The Bertz CT molecular complexity index is 446. The van der Waals surface area contributed by atoms with E-state index in [0.717, 1.165) is 24.2 Å². The maximum Gasteiger partial charge on any atom is 0.327 e. The Morgan fingerprint density at radius 1 is 1.27 bits per heavy atom. The van der Waals surface area contributed by atoms with Crippen molar-refractivity contribution in [3.8, 4) is 0 Å². The van der Waals surface area contributed by atoms with Gasteiger partial charge in [-0.2, -0.15) is 0 Å². The third kappa shape index (κ3) is 3.09. The van der Waals surface area contributed by atoms with E-state index in [4.69, 9.17) is 4.74 Å². The van der Waals surface area contributed by atoms with Crippen LogP contribution in [0.4, 0.5) is 4.79 Å². The molecule has 1 saturated carbocycles. The lowest BCUT2D eigenvalue weighted by Gasteiger charge is -2.35. The fourth-order valence-electron chi connectivity index (χ4n) is 3.31. The minimum absolute atomic E-state index is 0.198. The topological polar surface area (TPSA) is 79.0 Å². The highest BCUT2D eigenvalue weighted by atomic mass is 16.5. The molecule has 124 valence electrons. The van der Waals surface area contributed by atoms with Crippen LogP contribution in [0.2, 0.25) is 0 Å². The van der Waals surface area contributed by atoms with E-state index in [1.54, 1.807) is 14.2 Å². The predicted octanol–water partition coefficient (Wildman–Crippen LogP) is 0.736. The molecular formula is C15H25N3O4. The number of amides is 4. The van der Waals surface area contributed by atoms with E-state index in [2.05, 4.69) is 5.32 Å². The van der Waals surface area contributed by atoms with Crippen LogP contribution in [0.1, 0.15) is 38.5 Å². The molecule has 0 radical (unpaired) electrons. The summed E-state index contributed by atoms with van der Waals surface area (Å²) in [5.41, 5.74) is -0.717. The third-order valence-electron chi connectivity index (χ3n) is 4.63. The van der Waals surface area contributed by atoms with Gasteiger partial charge in [-0.05, 0) is 19.3 Å². The number of carbonyl (C=O) groups excluding carboxylic acids is 3. The smallest absolute Gasteiger partial charge is 0.327 e. The molecular weight excluding hydrogens is 286 g/mol. The highest BCUT2D eigenvalue weighted by Gasteiger charge is 2.55. The molecule has 2 fully saturated rings. The lowest BCUT2D eigenvalue weighted by Crippen LogP contribution is -2.49. The first-order valence-electron chi connectivity index (χ1n) is 7.88. The van der Waals surface area contributed by atoms with Gasteiger partial charge in [0.1, 0.15) is 12.1 Å². The van der Waals surface area contributed by atoms with Gasteiger partial charge in [-0.15, -0.1) is 0 Å². The maximum absolute atomic E-state index is 12.7. The number of nitrogens with zero attached hydrogens (tertiary/aromatic N) is 2. The van der Waals surface area contributed by atoms with Crippen LogP contribution in [0.15, 0.2) is 0 Å². The first kappa shape index (κ1) is 16.7. The van der Waals surface area contributed by atoms with Gasteiger partial charge in [0.25, 0.3) is 5.91 Å². The molecule has 0 atom stereocenters. The number of methoxy groups -OCH3 is 1. The molecule has 0 aromatic carbocycles. The zero-order chi connectivity index (χ0) is 16.2.